The van der Waals surface area contributed by atoms with Gasteiger partial charge in [-0.25, -0.2) is 14.3 Å². The van der Waals surface area contributed by atoms with Gasteiger partial charge in [0.1, 0.15) is 5.82 Å². The summed E-state index contributed by atoms with van der Waals surface area (Å²) in [4.78, 5) is 10.1. The zero-order valence-electron chi connectivity index (χ0n) is 5.00. The Morgan fingerprint density at radius 2 is 2.10 bits per heavy atom. The molecule has 0 aliphatic heterocycles. The molecule has 0 heterocycles. The number of rotatable bonds is 1. The Kier molecular flexibility index (Phi) is 1.67. The van der Waals surface area contributed by atoms with Crippen LogP contribution in [0.25, 0.3) is 0 Å². The van der Waals surface area contributed by atoms with Crippen LogP contribution >= 0.6 is 0 Å². The molecular weight excluding hydrogens is 135 g/mol. The maximum atomic E-state index is 12.2. The van der Waals surface area contributed by atoms with Crippen molar-refractivity contribution in [3.8, 4) is 0 Å². The van der Waals surface area contributed by atoms with Crippen molar-refractivity contribution < 1.29 is 14.3 Å². The van der Waals surface area contributed by atoms with Crippen molar-refractivity contribution in [1.82, 2.24) is 0 Å². The molecular formula is C7H4FO2. The monoisotopic (exact) mass is 139 g/mol. The molecule has 2 nitrogen and oxygen atoms in total. The van der Waals surface area contributed by atoms with Gasteiger partial charge in [-0.2, -0.15) is 0 Å². The van der Waals surface area contributed by atoms with Crippen molar-refractivity contribution in [2.24, 2.45) is 0 Å². The topological polar surface area (TPSA) is 37.0 Å². The summed E-state index contributed by atoms with van der Waals surface area (Å²) < 4.78 is 12.2. The minimum atomic E-state index is -1.36. The summed E-state index contributed by atoms with van der Waals surface area (Å²) in [7, 11) is 0. The molecule has 0 unspecified atom stereocenters. The van der Waals surface area contributed by atoms with Crippen molar-refractivity contribution >= 4 is 5.97 Å². The Morgan fingerprint density at radius 3 is 2.50 bits per heavy atom. The van der Waals surface area contributed by atoms with Gasteiger partial charge in [0, 0.05) is 0 Å². The van der Waals surface area contributed by atoms with Crippen molar-refractivity contribution in [3.63, 3.8) is 0 Å². The van der Waals surface area contributed by atoms with Crippen LogP contribution < -0.4 is 0 Å². The zero-order chi connectivity index (χ0) is 7.56. The first-order valence-corrected chi connectivity index (χ1v) is 2.67. The molecule has 1 rings (SSSR count). The summed E-state index contributed by atoms with van der Waals surface area (Å²) in [5.74, 6) is -1.93. The smallest absolute Gasteiger partial charge is 0.242 e. The van der Waals surface area contributed by atoms with E-state index in [9.17, 15) is 14.3 Å². The SMILES string of the molecule is [O]C(=O)c1cccc(F)c1. The highest BCUT2D eigenvalue weighted by atomic mass is 19.1. The second kappa shape index (κ2) is 2.47. The van der Waals surface area contributed by atoms with Crippen molar-refractivity contribution in [2.75, 3.05) is 0 Å². The summed E-state index contributed by atoms with van der Waals surface area (Å²) in [5, 5.41) is 10.1. The molecule has 0 bridgehead atoms. The lowest BCUT2D eigenvalue weighted by Gasteiger charge is -1.89. The van der Waals surface area contributed by atoms with Crippen LogP contribution in [0.1, 0.15) is 10.4 Å². The van der Waals surface area contributed by atoms with E-state index in [1.807, 2.05) is 0 Å². The maximum absolute atomic E-state index is 12.2. The molecule has 0 amide bonds. The number of halogens is 1. The molecule has 1 aromatic carbocycles. The largest absolute Gasteiger partial charge is 0.386 e. The molecule has 1 radical (unpaired) electrons. The standard InChI is InChI=1S/C7H4FO2/c8-6-3-1-2-5(4-6)7(9)10/h1-4H. The van der Waals surface area contributed by atoms with Gasteiger partial charge in [-0.3, -0.25) is 0 Å². The molecule has 1 aromatic rings. The van der Waals surface area contributed by atoms with Gasteiger partial charge in [0.25, 0.3) is 0 Å². The van der Waals surface area contributed by atoms with E-state index in [2.05, 4.69) is 0 Å². The van der Waals surface area contributed by atoms with Gasteiger partial charge < -0.3 is 0 Å². The van der Waals surface area contributed by atoms with E-state index >= 15 is 0 Å². The molecule has 51 valence electrons. The summed E-state index contributed by atoms with van der Waals surface area (Å²) in [6.07, 6.45) is 0. The zero-order valence-corrected chi connectivity index (χ0v) is 5.00. The number of carbonyl (C=O) groups excluding carboxylic acids is 1. The fourth-order valence-corrected chi connectivity index (χ4v) is 0.615. The van der Waals surface area contributed by atoms with Crippen LogP contribution in [0.2, 0.25) is 0 Å². The predicted molar refractivity (Wildman–Crippen MR) is 31.4 cm³/mol. The third-order valence-electron chi connectivity index (χ3n) is 1.06. The molecule has 0 saturated carbocycles. The lowest BCUT2D eigenvalue weighted by atomic mass is 10.2. The predicted octanol–water partition coefficient (Wildman–Crippen LogP) is 1.40. The Balaban J connectivity index is 3.07. The molecule has 0 saturated heterocycles. The van der Waals surface area contributed by atoms with Crippen LogP contribution in [0.3, 0.4) is 0 Å². The lowest BCUT2D eigenvalue weighted by Crippen LogP contribution is -1.93. The summed E-state index contributed by atoms with van der Waals surface area (Å²) in [6.45, 7) is 0. The van der Waals surface area contributed by atoms with Crippen LogP contribution in [0.15, 0.2) is 24.3 Å². The molecule has 0 atom stereocenters. The number of benzene rings is 1. The molecule has 0 aliphatic rings. The van der Waals surface area contributed by atoms with Crippen molar-refractivity contribution in [1.29, 1.82) is 0 Å². The van der Waals surface area contributed by atoms with E-state index in [0.29, 0.717) is 0 Å². The third kappa shape index (κ3) is 1.31. The second-order valence-corrected chi connectivity index (χ2v) is 1.80. The van der Waals surface area contributed by atoms with Gasteiger partial charge in [0.2, 0.25) is 0 Å². The summed E-state index contributed by atoms with van der Waals surface area (Å²) in [5.41, 5.74) is -0.139. The third-order valence-corrected chi connectivity index (χ3v) is 1.06. The first-order valence-electron chi connectivity index (χ1n) is 2.67. The Labute approximate surface area is 56.9 Å². The first-order chi connectivity index (χ1) is 4.70. The molecule has 0 aromatic heterocycles. The van der Waals surface area contributed by atoms with Crippen LogP contribution in [-0.4, -0.2) is 5.97 Å². The number of carbonyl (C=O) groups is 1. The highest BCUT2D eigenvalue weighted by Gasteiger charge is 2.03. The molecule has 0 N–H and O–H groups in total. The average Bonchev–Trinajstić information content (AvgIpc) is 1.88. The van der Waals surface area contributed by atoms with Gasteiger partial charge in [0.05, 0.1) is 5.56 Å². The second-order valence-electron chi connectivity index (χ2n) is 1.80. The number of hydrogen-bond acceptors (Lipinski definition) is 1. The van der Waals surface area contributed by atoms with E-state index < -0.39 is 11.8 Å². The van der Waals surface area contributed by atoms with Gasteiger partial charge in [0.15, 0.2) is 0 Å². The number of hydrogen-bond donors (Lipinski definition) is 0. The van der Waals surface area contributed by atoms with Gasteiger partial charge >= 0.3 is 5.97 Å². The van der Waals surface area contributed by atoms with Crippen molar-refractivity contribution in [3.05, 3.63) is 35.6 Å². The molecule has 0 spiro atoms. The molecule has 3 heteroatoms. The highest BCUT2D eigenvalue weighted by Crippen LogP contribution is 2.02. The van der Waals surface area contributed by atoms with Crippen LogP contribution in [0.5, 0.6) is 0 Å². The quantitative estimate of drug-likeness (QED) is 0.579. The minimum absolute atomic E-state index is 0.139. The molecule has 10 heavy (non-hydrogen) atoms. The fourth-order valence-electron chi connectivity index (χ4n) is 0.615. The Morgan fingerprint density at radius 1 is 1.40 bits per heavy atom. The summed E-state index contributed by atoms with van der Waals surface area (Å²) in [6, 6.07) is 4.68. The van der Waals surface area contributed by atoms with Crippen LogP contribution in [-0.2, 0) is 5.11 Å². The van der Waals surface area contributed by atoms with Gasteiger partial charge in [-0.1, -0.05) is 6.07 Å². The first kappa shape index (κ1) is 6.74. The average molecular weight is 139 g/mol. The normalized spacial score (nSPS) is 9.30. The minimum Gasteiger partial charge on any atom is -0.242 e. The molecule has 0 fully saturated rings. The maximum Gasteiger partial charge on any atom is 0.386 e. The van der Waals surface area contributed by atoms with E-state index in [-0.39, 0.29) is 5.56 Å². The van der Waals surface area contributed by atoms with Crippen molar-refractivity contribution in [2.45, 2.75) is 0 Å². The van der Waals surface area contributed by atoms with E-state index in [0.717, 1.165) is 6.07 Å². The van der Waals surface area contributed by atoms with E-state index in [1.165, 1.54) is 18.2 Å². The van der Waals surface area contributed by atoms with Gasteiger partial charge in [-0.15, -0.1) is 0 Å². The lowest BCUT2D eigenvalue weighted by molar-refractivity contribution is 0.0572. The highest BCUT2D eigenvalue weighted by molar-refractivity contribution is 5.87. The summed E-state index contributed by atoms with van der Waals surface area (Å²) >= 11 is 0. The van der Waals surface area contributed by atoms with E-state index in [1.54, 1.807) is 0 Å². The van der Waals surface area contributed by atoms with E-state index in [4.69, 9.17) is 0 Å². The van der Waals surface area contributed by atoms with Gasteiger partial charge in [-0.05, 0) is 18.2 Å². The molecule has 0 aliphatic carbocycles. The van der Waals surface area contributed by atoms with Crippen LogP contribution in [0.4, 0.5) is 4.39 Å². The van der Waals surface area contributed by atoms with Crippen LogP contribution in [0, 0.1) is 5.82 Å². The Hall–Kier alpha value is -1.38. The fraction of sp³-hybridized carbons (Fsp3) is 0. The Bertz CT molecular complexity index is 258.